The standard InChI is InChI=1S/C63H74BF3N2S/c1-56(2,3)38-19-23-42(24-20-38)68-49-35-41(63(65,66)67)36-50-52(49)64(55-53(68)51-54(70-55)62(16,17)31-30-61(51,14)15)46-34-40(58(7,8)9)22-27-48(46)69(50)47-26-21-39(57(4,5)6)33-43(47)37-18-25-44-45(32-37)60(12,13)29-28-59(44,10)11/h18-27,32-36H,28-31H2,1-17H3. The van der Waals surface area contributed by atoms with Crippen LogP contribution in [-0.4, -0.2) is 6.71 Å². The van der Waals surface area contributed by atoms with Gasteiger partial charge in [0.05, 0.1) is 16.9 Å². The van der Waals surface area contributed by atoms with Gasteiger partial charge in [0.1, 0.15) is 0 Å². The highest BCUT2D eigenvalue weighted by molar-refractivity contribution is 7.29. The van der Waals surface area contributed by atoms with Crippen molar-refractivity contribution in [2.24, 2.45) is 0 Å². The van der Waals surface area contributed by atoms with Gasteiger partial charge in [0.2, 0.25) is 0 Å². The fourth-order valence-electron chi connectivity index (χ4n) is 12.2. The SMILES string of the molecule is CC(C)(C)c1ccc(N2c3cc(C(F)(F)F)cc4c3B(c3cc(C(C)(C)C)ccc3N4c3ccc(C(C)(C)C)cc3-c3ccc4c(c3)C(C)(C)CCC4(C)C)c3sc4c(c32)C(C)(C)CCC4(C)C)cc1. The number of anilines is 6. The van der Waals surface area contributed by atoms with E-state index < -0.39 is 11.7 Å². The predicted molar refractivity (Wildman–Crippen MR) is 295 cm³/mol. The van der Waals surface area contributed by atoms with Crippen molar-refractivity contribution in [2.45, 2.75) is 187 Å². The number of fused-ring (bicyclic) bond motifs is 7. The monoisotopic (exact) mass is 959 g/mol. The van der Waals surface area contributed by atoms with E-state index in [1.807, 2.05) is 11.3 Å². The van der Waals surface area contributed by atoms with E-state index in [9.17, 15) is 0 Å². The summed E-state index contributed by atoms with van der Waals surface area (Å²) in [4.78, 5) is 5.82. The molecular formula is C63H74BF3N2S. The van der Waals surface area contributed by atoms with Gasteiger partial charge in [0, 0.05) is 38.0 Å². The number of halogens is 3. The van der Waals surface area contributed by atoms with Gasteiger partial charge in [0.15, 0.2) is 0 Å². The van der Waals surface area contributed by atoms with E-state index in [0.717, 1.165) is 70.5 Å². The summed E-state index contributed by atoms with van der Waals surface area (Å²) in [6.45, 7) is 38.7. The van der Waals surface area contributed by atoms with Crippen LogP contribution in [0.5, 0.6) is 0 Å². The zero-order valence-corrected chi connectivity index (χ0v) is 45.8. The molecule has 0 saturated heterocycles. The largest absolute Gasteiger partial charge is 0.416 e. The maximum absolute atomic E-state index is 16.0. The fourth-order valence-corrected chi connectivity index (χ4v) is 14.0. The van der Waals surface area contributed by atoms with Crippen molar-refractivity contribution in [3.63, 3.8) is 0 Å². The van der Waals surface area contributed by atoms with Crippen molar-refractivity contribution in [1.29, 1.82) is 0 Å². The lowest BCUT2D eigenvalue weighted by Crippen LogP contribution is -2.61. The maximum atomic E-state index is 16.0. The molecule has 7 heteroatoms. The molecule has 70 heavy (non-hydrogen) atoms. The van der Waals surface area contributed by atoms with Crippen LogP contribution in [0.3, 0.4) is 0 Å². The number of nitrogens with zero attached hydrogens (tertiary/aromatic N) is 2. The van der Waals surface area contributed by atoms with Crippen molar-refractivity contribution in [2.75, 3.05) is 9.80 Å². The lowest BCUT2D eigenvalue weighted by Gasteiger charge is -2.46. The number of hydrogen-bond donors (Lipinski definition) is 0. The van der Waals surface area contributed by atoms with E-state index in [0.29, 0.717) is 11.4 Å². The first-order chi connectivity index (χ1) is 32.2. The minimum atomic E-state index is -4.61. The summed E-state index contributed by atoms with van der Waals surface area (Å²) in [5.41, 5.74) is 15.3. The first kappa shape index (κ1) is 48.9. The number of rotatable bonds is 3. The fraction of sp³-hybridized carbons (Fsp3) is 0.460. The quantitative estimate of drug-likeness (QED) is 0.163. The molecule has 0 bridgehead atoms. The highest BCUT2D eigenvalue weighted by Crippen LogP contribution is 2.58. The van der Waals surface area contributed by atoms with E-state index in [1.54, 1.807) is 0 Å². The third kappa shape index (κ3) is 7.72. The molecule has 3 heterocycles. The molecule has 0 fully saturated rings. The second-order valence-electron chi connectivity index (χ2n) is 27.1. The summed E-state index contributed by atoms with van der Waals surface area (Å²) in [5.74, 6) is 0. The average Bonchev–Trinajstić information content (AvgIpc) is 3.68. The molecule has 2 nitrogen and oxygen atoms in total. The lowest BCUT2D eigenvalue weighted by molar-refractivity contribution is -0.137. The normalized spacial score (nSPS) is 18.7. The van der Waals surface area contributed by atoms with Gasteiger partial charge in [-0.3, -0.25) is 0 Å². The number of benzene rings is 5. The molecule has 2 aliphatic heterocycles. The molecule has 5 aromatic carbocycles. The van der Waals surface area contributed by atoms with Gasteiger partial charge in [-0.25, -0.2) is 0 Å². The van der Waals surface area contributed by atoms with Crippen LogP contribution in [0.1, 0.15) is 187 Å². The van der Waals surface area contributed by atoms with Gasteiger partial charge in [0.25, 0.3) is 6.71 Å². The first-order valence-corrected chi connectivity index (χ1v) is 26.6. The lowest BCUT2D eigenvalue weighted by atomic mass is 9.35. The van der Waals surface area contributed by atoms with E-state index in [1.165, 1.54) is 55.2 Å². The topological polar surface area (TPSA) is 6.48 Å². The van der Waals surface area contributed by atoms with Gasteiger partial charge < -0.3 is 9.80 Å². The minimum Gasteiger partial charge on any atom is -0.311 e. The van der Waals surface area contributed by atoms with Crippen molar-refractivity contribution < 1.29 is 13.2 Å². The summed E-state index contributed by atoms with van der Waals surface area (Å²) in [5, 5.41) is 0. The average molecular weight is 959 g/mol. The van der Waals surface area contributed by atoms with Crippen LogP contribution >= 0.6 is 11.3 Å². The van der Waals surface area contributed by atoms with E-state index in [-0.39, 0.29) is 44.6 Å². The van der Waals surface area contributed by atoms with Gasteiger partial charge in [-0.05, 0) is 156 Å². The van der Waals surface area contributed by atoms with Gasteiger partial charge in [-0.1, -0.05) is 166 Å². The Morgan fingerprint density at radius 2 is 1.00 bits per heavy atom. The Hall–Kier alpha value is -4.75. The van der Waals surface area contributed by atoms with Crippen LogP contribution in [0.4, 0.5) is 47.3 Å². The molecule has 0 spiro atoms. The summed E-state index contributed by atoms with van der Waals surface area (Å²) in [6.07, 6.45) is -0.396. The van der Waals surface area contributed by atoms with Gasteiger partial charge in [-0.2, -0.15) is 24.5 Å². The molecule has 4 aliphatic rings. The van der Waals surface area contributed by atoms with E-state index in [4.69, 9.17) is 0 Å². The molecule has 2 aliphatic carbocycles. The van der Waals surface area contributed by atoms with Crippen LogP contribution in [0.25, 0.3) is 11.1 Å². The van der Waals surface area contributed by atoms with Crippen molar-refractivity contribution in [3.8, 4) is 11.1 Å². The Morgan fingerprint density at radius 3 is 1.59 bits per heavy atom. The predicted octanol–water partition coefficient (Wildman–Crippen LogP) is 17.1. The molecule has 0 atom stereocenters. The molecule has 0 saturated carbocycles. The maximum Gasteiger partial charge on any atom is 0.416 e. The zero-order valence-electron chi connectivity index (χ0n) is 45.0. The zero-order chi connectivity index (χ0) is 50.8. The van der Waals surface area contributed by atoms with Crippen molar-refractivity contribution >= 4 is 67.9 Å². The van der Waals surface area contributed by atoms with Gasteiger partial charge in [-0.15, -0.1) is 0 Å². The molecule has 366 valence electrons. The molecule has 0 radical (unpaired) electrons. The molecule has 0 N–H and O–H groups in total. The second-order valence-corrected chi connectivity index (χ2v) is 28.2. The summed E-state index contributed by atoms with van der Waals surface area (Å²) >= 11 is 1.91. The van der Waals surface area contributed by atoms with E-state index in [2.05, 4.69) is 206 Å². The molecule has 6 aromatic rings. The van der Waals surface area contributed by atoms with Gasteiger partial charge >= 0.3 is 6.18 Å². The summed E-state index contributed by atoms with van der Waals surface area (Å²) < 4.78 is 49.3. The Kier molecular flexibility index (Phi) is 10.7. The second kappa shape index (κ2) is 15.4. The number of hydrogen-bond acceptors (Lipinski definition) is 3. The molecular weight excluding hydrogens is 885 g/mol. The van der Waals surface area contributed by atoms with E-state index >= 15 is 13.2 Å². The van der Waals surface area contributed by atoms with Crippen LogP contribution in [-0.2, 0) is 44.1 Å². The van der Waals surface area contributed by atoms with Crippen LogP contribution in [0.2, 0.25) is 0 Å². The third-order valence-corrected chi connectivity index (χ3v) is 18.6. The third-order valence-electron chi connectivity index (χ3n) is 17.0. The molecule has 1 aromatic heterocycles. The molecule has 0 unspecified atom stereocenters. The number of thiophene rings is 1. The Bertz CT molecular complexity index is 3110. The van der Waals surface area contributed by atoms with Crippen molar-refractivity contribution in [1.82, 2.24) is 0 Å². The highest BCUT2D eigenvalue weighted by atomic mass is 32.1. The Labute approximate surface area is 422 Å². The first-order valence-electron chi connectivity index (χ1n) is 25.8. The van der Waals surface area contributed by atoms with Crippen LogP contribution in [0, 0.1) is 0 Å². The molecule has 10 rings (SSSR count). The Balaban J connectivity index is 1.35. The summed E-state index contributed by atoms with van der Waals surface area (Å²) in [6, 6.07) is 32.2. The summed E-state index contributed by atoms with van der Waals surface area (Å²) in [7, 11) is 0. The smallest absolute Gasteiger partial charge is 0.311 e. The van der Waals surface area contributed by atoms with Crippen LogP contribution in [0.15, 0.2) is 91.0 Å². The van der Waals surface area contributed by atoms with Crippen LogP contribution < -0.4 is 25.5 Å². The molecule has 0 amide bonds. The number of alkyl halides is 3. The van der Waals surface area contributed by atoms with Crippen molar-refractivity contribution in [3.05, 3.63) is 135 Å². The Morgan fingerprint density at radius 1 is 0.486 bits per heavy atom. The highest BCUT2D eigenvalue weighted by Gasteiger charge is 2.52. The minimum absolute atomic E-state index is 0.0331.